The number of nitrogens with zero attached hydrogens (tertiary/aromatic N) is 1. The second-order valence-electron chi connectivity index (χ2n) is 4.98. The summed E-state index contributed by atoms with van der Waals surface area (Å²) in [6, 6.07) is 19.6. The van der Waals surface area contributed by atoms with Crippen LogP contribution in [0.1, 0.15) is 29.0 Å². The number of nitrogens with one attached hydrogen (secondary N) is 1. The molecule has 0 radical (unpaired) electrons. The summed E-state index contributed by atoms with van der Waals surface area (Å²) in [6.07, 6.45) is 1.62. The van der Waals surface area contributed by atoms with Gasteiger partial charge in [0.05, 0.1) is 6.04 Å². The van der Waals surface area contributed by atoms with Crippen molar-refractivity contribution in [1.29, 1.82) is 0 Å². The molecule has 0 fully saturated rings. The first-order chi connectivity index (χ1) is 10.3. The van der Waals surface area contributed by atoms with Crippen molar-refractivity contribution in [2.45, 2.75) is 13.0 Å². The van der Waals surface area contributed by atoms with Gasteiger partial charge in [0, 0.05) is 6.20 Å². The summed E-state index contributed by atoms with van der Waals surface area (Å²) in [7, 11) is 0. The molecule has 0 saturated heterocycles. The third-order valence-electron chi connectivity index (χ3n) is 3.54. The maximum atomic E-state index is 12.2. The first-order valence-corrected chi connectivity index (χ1v) is 6.95. The maximum absolute atomic E-state index is 12.2. The van der Waals surface area contributed by atoms with Crippen molar-refractivity contribution in [3.63, 3.8) is 0 Å². The van der Waals surface area contributed by atoms with Gasteiger partial charge in [-0.05, 0) is 35.4 Å². The number of aromatic nitrogens is 1. The Balaban J connectivity index is 1.88. The lowest BCUT2D eigenvalue weighted by atomic mass is 9.99. The first-order valence-electron chi connectivity index (χ1n) is 6.95. The Morgan fingerprint density at radius 2 is 1.76 bits per heavy atom. The number of pyridine rings is 1. The Bertz CT molecular complexity index is 763. The molecule has 3 nitrogen and oxygen atoms in total. The quantitative estimate of drug-likeness (QED) is 0.792. The van der Waals surface area contributed by atoms with E-state index in [0.29, 0.717) is 5.69 Å². The summed E-state index contributed by atoms with van der Waals surface area (Å²) in [6.45, 7) is 1.99. The van der Waals surface area contributed by atoms with E-state index in [1.54, 1.807) is 18.3 Å². The number of amides is 1. The van der Waals surface area contributed by atoms with Crippen LogP contribution < -0.4 is 5.32 Å². The Labute approximate surface area is 123 Å². The highest BCUT2D eigenvalue weighted by Crippen LogP contribution is 2.24. The average molecular weight is 276 g/mol. The molecule has 1 atom stereocenters. The van der Waals surface area contributed by atoms with E-state index in [1.165, 1.54) is 5.39 Å². The fourth-order valence-corrected chi connectivity index (χ4v) is 2.47. The predicted octanol–water partition coefficient (Wildman–Crippen LogP) is 3.73. The highest BCUT2D eigenvalue weighted by atomic mass is 16.1. The molecule has 0 bridgehead atoms. The van der Waals surface area contributed by atoms with Crippen molar-refractivity contribution >= 4 is 16.7 Å². The van der Waals surface area contributed by atoms with E-state index in [9.17, 15) is 4.79 Å². The molecule has 0 aliphatic heterocycles. The Hall–Kier alpha value is -2.68. The molecule has 0 spiro atoms. The van der Waals surface area contributed by atoms with E-state index in [0.717, 1.165) is 10.9 Å². The average Bonchev–Trinajstić information content (AvgIpc) is 2.55. The van der Waals surface area contributed by atoms with Crippen molar-refractivity contribution in [2.24, 2.45) is 0 Å². The standard InChI is InChI=1S/C18H16N2O/c1-13(20-18(21)17-11-4-5-12-19-17)15-10-6-8-14-7-2-3-9-16(14)15/h2-13H,1H3,(H,20,21)/t13-/m1/s1. The molecule has 0 unspecified atom stereocenters. The molecule has 1 N–H and O–H groups in total. The number of carbonyl (C=O) groups excluding carboxylic acids is 1. The van der Waals surface area contributed by atoms with Gasteiger partial charge in [0.2, 0.25) is 0 Å². The predicted molar refractivity (Wildman–Crippen MR) is 84.1 cm³/mol. The highest BCUT2D eigenvalue weighted by Gasteiger charge is 2.13. The van der Waals surface area contributed by atoms with Gasteiger partial charge >= 0.3 is 0 Å². The number of rotatable bonds is 3. The monoisotopic (exact) mass is 276 g/mol. The summed E-state index contributed by atoms with van der Waals surface area (Å²) >= 11 is 0. The van der Waals surface area contributed by atoms with Gasteiger partial charge in [-0.1, -0.05) is 48.5 Å². The molecule has 0 saturated carbocycles. The number of carbonyl (C=O) groups is 1. The minimum Gasteiger partial charge on any atom is -0.344 e. The molecule has 0 aliphatic rings. The summed E-state index contributed by atoms with van der Waals surface area (Å²) < 4.78 is 0. The van der Waals surface area contributed by atoms with Crippen LogP contribution in [0.3, 0.4) is 0 Å². The Kier molecular flexibility index (Phi) is 3.65. The second-order valence-corrected chi connectivity index (χ2v) is 4.98. The summed E-state index contributed by atoms with van der Waals surface area (Å²) in [5.41, 5.74) is 1.54. The Morgan fingerprint density at radius 1 is 1.00 bits per heavy atom. The lowest BCUT2D eigenvalue weighted by molar-refractivity contribution is 0.0935. The van der Waals surface area contributed by atoms with E-state index >= 15 is 0 Å². The molecule has 1 heterocycles. The van der Waals surface area contributed by atoms with Gasteiger partial charge in [0.1, 0.15) is 5.69 Å². The number of hydrogen-bond donors (Lipinski definition) is 1. The third-order valence-corrected chi connectivity index (χ3v) is 3.54. The van der Waals surface area contributed by atoms with E-state index in [-0.39, 0.29) is 11.9 Å². The van der Waals surface area contributed by atoms with Gasteiger partial charge in [0.15, 0.2) is 0 Å². The van der Waals surface area contributed by atoms with Crippen LogP contribution in [0.25, 0.3) is 10.8 Å². The first kappa shape index (κ1) is 13.3. The lowest BCUT2D eigenvalue weighted by Gasteiger charge is -2.16. The smallest absolute Gasteiger partial charge is 0.270 e. The van der Waals surface area contributed by atoms with E-state index in [2.05, 4.69) is 28.5 Å². The van der Waals surface area contributed by atoms with Gasteiger partial charge < -0.3 is 5.32 Å². The van der Waals surface area contributed by atoms with Crippen molar-refractivity contribution < 1.29 is 4.79 Å². The molecule has 3 aromatic rings. The molecule has 104 valence electrons. The fraction of sp³-hybridized carbons (Fsp3) is 0.111. The SMILES string of the molecule is C[C@@H](NC(=O)c1ccccn1)c1cccc2ccccc12. The molecular weight excluding hydrogens is 260 g/mol. The lowest BCUT2D eigenvalue weighted by Crippen LogP contribution is -2.27. The van der Waals surface area contributed by atoms with Crippen LogP contribution in [0.15, 0.2) is 66.9 Å². The number of hydrogen-bond acceptors (Lipinski definition) is 2. The molecule has 21 heavy (non-hydrogen) atoms. The van der Waals surface area contributed by atoms with Crippen LogP contribution in [-0.4, -0.2) is 10.9 Å². The van der Waals surface area contributed by atoms with Crippen molar-refractivity contribution in [1.82, 2.24) is 10.3 Å². The topological polar surface area (TPSA) is 42.0 Å². The van der Waals surface area contributed by atoms with Gasteiger partial charge in [-0.25, -0.2) is 0 Å². The molecule has 0 aliphatic carbocycles. The van der Waals surface area contributed by atoms with Crippen LogP contribution >= 0.6 is 0 Å². The van der Waals surface area contributed by atoms with Gasteiger partial charge in [-0.2, -0.15) is 0 Å². The fourth-order valence-electron chi connectivity index (χ4n) is 2.47. The zero-order valence-corrected chi connectivity index (χ0v) is 11.8. The van der Waals surface area contributed by atoms with E-state index in [1.807, 2.05) is 37.3 Å². The minimum atomic E-state index is -0.156. The normalized spacial score (nSPS) is 12.0. The molecule has 1 amide bonds. The molecule has 2 aromatic carbocycles. The summed E-state index contributed by atoms with van der Waals surface area (Å²) in [4.78, 5) is 16.3. The van der Waals surface area contributed by atoms with Gasteiger partial charge in [-0.15, -0.1) is 0 Å². The largest absolute Gasteiger partial charge is 0.344 e. The van der Waals surface area contributed by atoms with Crippen LogP contribution in [-0.2, 0) is 0 Å². The third kappa shape index (κ3) is 2.77. The van der Waals surface area contributed by atoms with Crippen molar-refractivity contribution in [2.75, 3.05) is 0 Å². The van der Waals surface area contributed by atoms with Crippen LogP contribution in [0.2, 0.25) is 0 Å². The second kappa shape index (κ2) is 5.75. The molecule has 3 rings (SSSR count). The van der Waals surface area contributed by atoms with E-state index in [4.69, 9.17) is 0 Å². The maximum Gasteiger partial charge on any atom is 0.270 e. The Morgan fingerprint density at radius 3 is 2.57 bits per heavy atom. The zero-order valence-electron chi connectivity index (χ0n) is 11.8. The van der Waals surface area contributed by atoms with E-state index < -0.39 is 0 Å². The zero-order chi connectivity index (χ0) is 14.7. The molecule has 3 heteroatoms. The van der Waals surface area contributed by atoms with Crippen molar-refractivity contribution in [3.8, 4) is 0 Å². The number of benzene rings is 2. The van der Waals surface area contributed by atoms with Crippen LogP contribution in [0, 0.1) is 0 Å². The highest BCUT2D eigenvalue weighted by molar-refractivity contribution is 5.93. The summed E-state index contributed by atoms with van der Waals surface area (Å²) in [5, 5.41) is 5.34. The number of fused-ring (bicyclic) bond motifs is 1. The van der Waals surface area contributed by atoms with Gasteiger partial charge in [-0.3, -0.25) is 9.78 Å². The minimum absolute atomic E-state index is 0.0781. The molecular formula is C18H16N2O. The van der Waals surface area contributed by atoms with Crippen LogP contribution in [0.4, 0.5) is 0 Å². The van der Waals surface area contributed by atoms with Crippen molar-refractivity contribution in [3.05, 3.63) is 78.1 Å². The molecule has 1 aromatic heterocycles. The van der Waals surface area contributed by atoms with Crippen LogP contribution in [0.5, 0.6) is 0 Å². The summed E-state index contributed by atoms with van der Waals surface area (Å²) in [5.74, 6) is -0.156. The van der Waals surface area contributed by atoms with Gasteiger partial charge in [0.25, 0.3) is 5.91 Å².